The zero-order chi connectivity index (χ0) is 20.2. The molecule has 160 valence electrons. The second kappa shape index (κ2) is 10.0. The van der Waals surface area contributed by atoms with E-state index in [0.717, 1.165) is 19.6 Å². The Hall–Kier alpha value is -0.200. The van der Waals surface area contributed by atoms with Gasteiger partial charge in [0, 0.05) is 74.5 Å². The molecule has 0 aromatic heterocycles. The predicted octanol–water partition coefficient (Wildman–Crippen LogP) is 2.30. The van der Waals surface area contributed by atoms with Crippen molar-refractivity contribution in [1.82, 2.24) is 20.4 Å². The molecule has 0 spiro atoms. The summed E-state index contributed by atoms with van der Waals surface area (Å²) in [7, 11) is 0. The van der Waals surface area contributed by atoms with E-state index < -0.39 is 0 Å². The van der Waals surface area contributed by atoms with Crippen LogP contribution in [-0.4, -0.2) is 83.4 Å². The van der Waals surface area contributed by atoms with Crippen LogP contribution < -0.4 is 10.6 Å². The van der Waals surface area contributed by atoms with E-state index in [1.807, 2.05) is 0 Å². The zero-order valence-electron chi connectivity index (χ0n) is 19.0. The van der Waals surface area contributed by atoms with Crippen LogP contribution in [0.3, 0.4) is 0 Å². The molecule has 0 aliphatic carbocycles. The molecular formula is C22H46N4O. The third-order valence-electron chi connectivity index (χ3n) is 6.72. The van der Waals surface area contributed by atoms with Crippen LogP contribution in [0.4, 0.5) is 0 Å². The fourth-order valence-electron chi connectivity index (χ4n) is 4.96. The normalized spacial score (nSPS) is 32.7. The third-order valence-corrected chi connectivity index (χ3v) is 6.72. The highest BCUT2D eigenvalue weighted by molar-refractivity contribution is 4.96. The van der Waals surface area contributed by atoms with E-state index in [1.165, 1.54) is 25.8 Å². The molecule has 0 aromatic rings. The van der Waals surface area contributed by atoms with Crippen molar-refractivity contribution in [2.45, 2.75) is 103 Å². The molecule has 0 amide bonds. The second-order valence-corrected chi connectivity index (χ2v) is 10.2. The SMILES string of the molecule is CC(C)NC1CN(C(C)CCC(C)NC2(C)CCN(C(C)C)C2)CC1CO. The number of hydrogen-bond acceptors (Lipinski definition) is 5. The Morgan fingerprint density at radius 3 is 2.30 bits per heavy atom. The van der Waals surface area contributed by atoms with Crippen LogP contribution in [0.5, 0.6) is 0 Å². The molecule has 2 saturated heterocycles. The first-order chi connectivity index (χ1) is 12.6. The summed E-state index contributed by atoms with van der Waals surface area (Å²) >= 11 is 0. The van der Waals surface area contributed by atoms with Crippen LogP contribution in [0.1, 0.15) is 67.7 Å². The standard InChI is InChI=1S/C22H46N4O/c1-16(2)23-21-13-26(12-20(21)14-27)19(6)9-8-18(5)24-22(7)10-11-25(15-22)17(3)4/h16-21,23-24,27H,8-15H2,1-7H3. The number of nitrogens with one attached hydrogen (secondary N) is 2. The van der Waals surface area contributed by atoms with Crippen molar-refractivity contribution in [3.63, 3.8) is 0 Å². The van der Waals surface area contributed by atoms with Gasteiger partial charge in [-0.1, -0.05) is 13.8 Å². The van der Waals surface area contributed by atoms with Gasteiger partial charge in [-0.2, -0.15) is 0 Å². The molecule has 0 aromatic carbocycles. The lowest BCUT2D eigenvalue weighted by atomic mass is 9.98. The van der Waals surface area contributed by atoms with Crippen LogP contribution in [0.15, 0.2) is 0 Å². The topological polar surface area (TPSA) is 50.8 Å². The van der Waals surface area contributed by atoms with Crippen molar-refractivity contribution >= 4 is 0 Å². The molecule has 0 saturated carbocycles. The number of nitrogens with zero attached hydrogens (tertiary/aromatic N) is 2. The van der Waals surface area contributed by atoms with Crippen LogP contribution in [0, 0.1) is 5.92 Å². The van der Waals surface area contributed by atoms with Crippen molar-refractivity contribution < 1.29 is 5.11 Å². The highest BCUT2D eigenvalue weighted by Crippen LogP contribution is 2.25. The molecule has 5 atom stereocenters. The van der Waals surface area contributed by atoms with Gasteiger partial charge in [0.15, 0.2) is 0 Å². The Morgan fingerprint density at radius 1 is 1.04 bits per heavy atom. The fourth-order valence-corrected chi connectivity index (χ4v) is 4.96. The first-order valence-electron chi connectivity index (χ1n) is 11.3. The molecule has 5 heteroatoms. The van der Waals surface area contributed by atoms with Crippen LogP contribution in [-0.2, 0) is 0 Å². The molecule has 27 heavy (non-hydrogen) atoms. The summed E-state index contributed by atoms with van der Waals surface area (Å²) in [6, 6.07) is 2.66. The van der Waals surface area contributed by atoms with E-state index in [2.05, 4.69) is 68.9 Å². The van der Waals surface area contributed by atoms with Gasteiger partial charge in [-0.15, -0.1) is 0 Å². The summed E-state index contributed by atoms with van der Waals surface area (Å²) in [6.07, 6.45) is 3.67. The first-order valence-corrected chi connectivity index (χ1v) is 11.3. The molecule has 0 bridgehead atoms. The predicted molar refractivity (Wildman–Crippen MR) is 115 cm³/mol. The molecule has 2 heterocycles. The van der Waals surface area contributed by atoms with Gasteiger partial charge < -0.3 is 15.7 Å². The van der Waals surface area contributed by atoms with Crippen molar-refractivity contribution in [3.05, 3.63) is 0 Å². The molecule has 5 nitrogen and oxygen atoms in total. The Kier molecular flexibility index (Phi) is 8.56. The lowest BCUT2D eigenvalue weighted by molar-refractivity contribution is 0.189. The van der Waals surface area contributed by atoms with E-state index >= 15 is 0 Å². The molecule has 0 radical (unpaired) electrons. The number of likely N-dealkylation sites (tertiary alicyclic amines) is 2. The fraction of sp³-hybridized carbons (Fsp3) is 1.00. The van der Waals surface area contributed by atoms with Crippen LogP contribution >= 0.6 is 0 Å². The minimum Gasteiger partial charge on any atom is -0.396 e. The average Bonchev–Trinajstić information content (AvgIpc) is 3.16. The summed E-state index contributed by atoms with van der Waals surface area (Å²) < 4.78 is 0. The van der Waals surface area contributed by atoms with E-state index in [-0.39, 0.29) is 12.1 Å². The maximum Gasteiger partial charge on any atom is 0.0486 e. The average molecular weight is 383 g/mol. The molecule has 2 fully saturated rings. The highest BCUT2D eigenvalue weighted by Gasteiger charge is 2.36. The Labute approximate surface area is 168 Å². The number of rotatable bonds is 10. The highest BCUT2D eigenvalue weighted by atomic mass is 16.3. The summed E-state index contributed by atoms with van der Waals surface area (Å²) in [5.74, 6) is 0.366. The first kappa shape index (κ1) is 23.1. The Morgan fingerprint density at radius 2 is 1.74 bits per heavy atom. The summed E-state index contributed by atoms with van der Waals surface area (Å²) in [6.45, 7) is 20.8. The van der Waals surface area contributed by atoms with Crippen molar-refractivity contribution in [2.24, 2.45) is 5.92 Å². The molecule has 5 unspecified atom stereocenters. The molecule has 2 rings (SSSR count). The monoisotopic (exact) mass is 382 g/mol. The van der Waals surface area contributed by atoms with E-state index in [1.54, 1.807) is 0 Å². The van der Waals surface area contributed by atoms with Gasteiger partial charge >= 0.3 is 0 Å². The van der Waals surface area contributed by atoms with Gasteiger partial charge in [-0.25, -0.2) is 0 Å². The van der Waals surface area contributed by atoms with Crippen molar-refractivity contribution in [2.75, 3.05) is 32.8 Å². The molecule has 2 aliphatic rings. The van der Waals surface area contributed by atoms with E-state index in [0.29, 0.717) is 36.1 Å². The van der Waals surface area contributed by atoms with Gasteiger partial charge in [0.2, 0.25) is 0 Å². The summed E-state index contributed by atoms with van der Waals surface area (Å²) in [5, 5.41) is 17.3. The zero-order valence-corrected chi connectivity index (χ0v) is 19.0. The van der Waals surface area contributed by atoms with Crippen LogP contribution in [0.25, 0.3) is 0 Å². The van der Waals surface area contributed by atoms with E-state index in [4.69, 9.17) is 0 Å². The molecule has 2 aliphatic heterocycles. The van der Waals surface area contributed by atoms with Gasteiger partial charge in [0.05, 0.1) is 0 Å². The molecular weight excluding hydrogens is 336 g/mol. The summed E-state index contributed by atoms with van der Waals surface area (Å²) in [4.78, 5) is 5.16. The minimum absolute atomic E-state index is 0.259. The van der Waals surface area contributed by atoms with Gasteiger partial charge in [-0.05, 0) is 53.9 Å². The second-order valence-electron chi connectivity index (χ2n) is 10.2. The Balaban J connectivity index is 1.75. The maximum atomic E-state index is 9.73. The van der Waals surface area contributed by atoms with E-state index in [9.17, 15) is 5.11 Å². The third kappa shape index (κ3) is 6.67. The number of aliphatic hydroxyl groups excluding tert-OH is 1. The maximum absolute atomic E-state index is 9.73. The lowest BCUT2D eigenvalue weighted by Gasteiger charge is -2.32. The summed E-state index contributed by atoms with van der Waals surface area (Å²) in [5.41, 5.74) is 0.259. The lowest BCUT2D eigenvalue weighted by Crippen LogP contribution is -2.50. The molecule has 3 N–H and O–H groups in total. The van der Waals surface area contributed by atoms with Crippen molar-refractivity contribution in [1.29, 1.82) is 0 Å². The Bertz CT molecular complexity index is 444. The minimum atomic E-state index is 0.259. The number of aliphatic hydroxyl groups is 1. The van der Waals surface area contributed by atoms with Gasteiger partial charge in [-0.3, -0.25) is 9.80 Å². The quantitative estimate of drug-likeness (QED) is 0.541. The smallest absolute Gasteiger partial charge is 0.0486 e. The van der Waals surface area contributed by atoms with Crippen LogP contribution in [0.2, 0.25) is 0 Å². The number of hydrogen-bond donors (Lipinski definition) is 3. The van der Waals surface area contributed by atoms with Gasteiger partial charge in [0.1, 0.15) is 0 Å². The van der Waals surface area contributed by atoms with Crippen molar-refractivity contribution in [3.8, 4) is 0 Å². The largest absolute Gasteiger partial charge is 0.396 e. The van der Waals surface area contributed by atoms with Gasteiger partial charge in [0.25, 0.3) is 0 Å².